The number of nitrogens with one attached hydrogen (secondary N) is 1. The quantitative estimate of drug-likeness (QED) is 0.343. The number of anilines is 1. The first kappa shape index (κ1) is 24.1. The molecule has 11 heteroatoms. The molecule has 0 saturated carbocycles. The third kappa shape index (κ3) is 5.73. The van der Waals surface area contributed by atoms with Gasteiger partial charge in [0.25, 0.3) is 10.1 Å². The Morgan fingerprint density at radius 3 is 2.65 bits per heavy atom. The summed E-state index contributed by atoms with van der Waals surface area (Å²) in [7, 11) is -2.94. The van der Waals surface area contributed by atoms with E-state index in [2.05, 4.69) is 15.2 Å². The highest BCUT2D eigenvalue weighted by Crippen LogP contribution is 2.36. The Morgan fingerprint density at radius 1 is 1.15 bits per heavy atom. The van der Waals surface area contributed by atoms with Crippen LogP contribution in [0.25, 0.3) is 10.9 Å². The monoisotopic (exact) mass is 491 g/mol. The van der Waals surface area contributed by atoms with Crippen molar-refractivity contribution in [3.05, 3.63) is 48.4 Å². The predicted molar refractivity (Wildman–Crippen MR) is 125 cm³/mol. The first-order valence-corrected chi connectivity index (χ1v) is 12.3. The Balaban J connectivity index is 1.58. The minimum atomic E-state index is -4.61. The van der Waals surface area contributed by atoms with Gasteiger partial charge in [-0.1, -0.05) is 0 Å². The Labute approximate surface area is 197 Å². The Bertz CT molecular complexity index is 1270. The zero-order valence-corrected chi connectivity index (χ0v) is 19.5. The molecule has 1 aliphatic rings. The number of benzene rings is 2. The van der Waals surface area contributed by atoms with Crippen LogP contribution in [-0.4, -0.2) is 69.4 Å². The van der Waals surface area contributed by atoms with Gasteiger partial charge in [0.2, 0.25) is 0 Å². The number of pyridine rings is 1. The van der Waals surface area contributed by atoms with Crippen LogP contribution in [0.15, 0.2) is 47.5 Å². The molecular weight excluding hydrogens is 465 g/mol. The molecule has 34 heavy (non-hydrogen) atoms. The van der Waals surface area contributed by atoms with E-state index in [0.29, 0.717) is 30.8 Å². The van der Waals surface area contributed by atoms with Gasteiger partial charge in [-0.2, -0.15) is 8.42 Å². The number of nitrogens with zero attached hydrogens (tertiary/aromatic N) is 2. The Morgan fingerprint density at radius 2 is 1.94 bits per heavy atom. The molecule has 1 saturated heterocycles. The zero-order valence-electron chi connectivity index (χ0n) is 18.7. The maximum atomic E-state index is 14.4. The fourth-order valence-corrected chi connectivity index (χ4v) is 4.32. The lowest BCUT2D eigenvalue weighted by molar-refractivity contribution is 0.0357. The van der Waals surface area contributed by atoms with Crippen LogP contribution >= 0.6 is 0 Å². The predicted octanol–water partition coefficient (Wildman–Crippen LogP) is 3.56. The first-order chi connectivity index (χ1) is 16.3. The van der Waals surface area contributed by atoms with Crippen molar-refractivity contribution < 1.29 is 31.6 Å². The van der Waals surface area contributed by atoms with Crippen LogP contribution in [0, 0.1) is 5.82 Å². The van der Waals surface area contributed by atoms with Crippen LogP contribution in [0.2, 0.25) is 0 Å². The average molecular weight is 492 g/mol. The molecule has 3 aromatic rings. The van der Waals surface area contributed by atoms with Crippen molar-refractivity contribution in [2.45, 2.75) is 11.3 Å². The third-order valence-electron chi connectivity index (χ3n) is 5.47. The Kier molecular flexibility index (Phi) is 7.47. The molecule has 0 unspecified atom stereocenters. The number of rotatable bonds is 9. The number of hydrogen-bond acceptors (Lipinski definition) is 8. The molecule has 0 amide bonds. The van der Waals surface area contributed by atoms with Gasteiger partial charge in [-0.3, -0.25) is 14.4 Å². The SMILES string of the molecule is CNc1ccc(Oc2ccnc3cc(OCCCN4CCOCC4)c(S(=O)(=O)O)cc23)c(F)c1. The highest BCUT2D eigenvalue weighted by Gasteiger charge is 2.21. The van der Waals surface area contributed by atoms with Crippen molar-refractivity contribution >= 4 is 26.7 Å². The summed E-state index contributed by atoms with van der Waals surface area (Å²) in [6, 6.07) is 8.54. The van der Waals surface area contributed by atoms with Gasteiger partial charge in [0.1, 0.15) is 16.4 Å². The highest BCUT2D eigenvalue weighted by atomic mass is 32.2. The number of morpholine rings is 1. The number of ether oxygens (including phenoxy) is 3. The van der Waals surface area contributed by atoms with Gasteiger partial charge < -0.3 is 19.5 Å². The minimum absolute atomic E-state index is 0.00817. The normalized spacial score (nSPS) is 14.8. The van der Waals surface area contributed by atoms with Crippen LogP contribution in [0.1, 0.15) is 6.42 Å². The van der Waals surface area contributed by atoms with E-state index in [4.69, 9.17) is 14.2 Å². The molecule has 0 spiro atoms. The van der Waals surface area contributed by atoms with E-state index in [1.165, 1.54) is 36.5 Å². The van der Waals surface area contributed by atoms with Crippen molar-refractivity contribution in [1.82, 2.24) is 9.88 Å². The maximum absolute atomic E-state index is 14.4. The number of halogens is 1. The molecule has 0 aliphatic carbocycles. The molecule has 182 valence electrons. The van der Waals surface area contributed by atoms with Crippen LogP contribution in [0.3, 0.4) is 0 Å². The van der Waals surface area contributed by atoms with Crippen LogP contribution < -0.4 is 14.8 Å². The minimum Gasteiger partial charge on any atom is -0.492 e. The summed E-state index contributed by atoms with van der Waals surface area (Å²) >= 11 is 0. The van der Waals surface area contributed by atoms with E-state index in [-0.39, 0.29) is 29.2 Å². The zero-order chi connectivity index (χ0) is 24.1. The molecule has 0 radical (unpaired) electrons. The lowest BCUT2D eigenvalue weighted by Gasteiger charge is -2.26. The van der Waals surface area contributed by atoms with Gasteiger partial charge in [0.15, 0.2) is 11.6 Å². The van der Waals surface area contributed by atoms with Crippen LogP contribution in [-0.2, 0) is 14.9 Å². The number of hydrogen-bond donors (Lipinski definition) is 2. The molecule has 1 aromatic heterocycles. The summed E-state index contributed by atoms with van der Waals surface area (Å²) in [5.74, 6) is -0.452. The molecule has 2 heterocycles. The topological polar surface area (TPSA) is 110 Å². The van der Waals surface area contributed by atoms with Gasteiger partial charge in [-0.25, -0.2) is 4.39 Å². The van der Waals surface area contributed by atoms with Gasteiger partial charge in [-0.05, 0) is 30.7 Å². The van der Waals surface area contributed by atoms with Crippen LogP contribution in [0.4, 0.5) is 10.1 Å². The fraction of sp³-hybridized carbons (Fsp3) is 0.348. The maximum Gasteiger partial charge on any atom is 0.298 e. The van der Waals surface area contributed by atoms with E-state index in [1.54, 1.807) is 13.1 Å². The smallest absolute Gasteiger partial charge is 0.298 e. The first-order valence-electron chi connectivity index (χ1n) is 10.8. The summed E-state index contributed by atoms with van der Waals surface area (Å²) in [4.78, 5) is 6.09. The summed E-state index contributed by atoms with van der Waals surface area (Å²) in [5.41, 5.74) is 0.953. The van der Waals surface area contributed by atoms with Gasteiger partial charge in [0.05, 0.1) is 25.3 Å². The van der Waals surface area contributed by atoms with Crippen LogP contribution in [0.5, 0.6) is 17.2 Å². The lowest BCUT2D eigenvalue weighted by atomic mass is 10.2. The van der Waals surface area contributed by atoms with Gasteiger partial charge >= 0.3 is 0 Å². The second-order valence-corrected chi connectivity index (χ2v) is 9.14. The third-order valence-corrected chi connectivity index (χ3v) is 6.34. The van der Waals surface area contributed by atoms with E-state index in [1.807, 2.05) is 0 Å². The Hall–Kier alpha value is -2.99. The molecule has 0 atom stereocenters. The summed E-state index contributed by atoms with van der Waals surface area (Å²) in [6.45, 7) is 4.11. The van der Waals surface area contributed by atoms with Crippen molar-refractivity contribution in [2.24, 2.45) is 0 Å². The lowest BCUT2D eigenvalue weighted by Crippen LogP contribution is -2.37. The van der Waals surface area contributed by atoms with Gasteiger partial charge in [-0.15, -0.1) is 0 Å². The van der Waals surface area contributed by atoms with E-state index in [9.17, 15) is 17.4 Å². The van der Waals surface area contributed by atoms with Crippen molar-refractivity contribution in [3.63, 3.8) is 0 Å². The summed E-state index contributed by atoms with van der Waals surface area (Å²) in [5, 5.41) is 3.12. The number of fused-ring (bicyclic) bond motifs is 1. The standard InChI is InChI=1S/C23H26FN3O6S/c1-25-16-3-4-21(18(24)13-16)33-20-5-6-26-19-15-22(23(14-17(19)20)34(28,29)30)32-10-2-7-27-8-11-31-12-9-27/h3-6,13-15,25H,2,7-12H2,1H3,(H,28,29,30). The average Bonchev–Trinajstić information content (AvgIpc) is 2.82. The molecule has 2 aromatic carbocycles. The van der Waals surface area contributed by atoms with E-state index < -0.39 is 20.8 Å². The van der Waals surface area contributed by atoms with Crippen molar-refractivity contribution in [3.8, 4) is 17.2 Å². The fourth-order valence-electron chi connectivity index (χ4n) is 3.68. The molecular formula is C23H26FN3O6S. The second kappa shape index (κ2) is 10.5. The van der Waals surface area contributed by atoms with E-state index >= 15 is 0 Å². The molecule has 9 nitrogen and oxygen atoms in total. The molecule has 1 fully saturated rings. The molecule has 0 bridgehead atoms. The molecule has 1 aliphatic heterocycles. The van der Waals surface area contributed by atoms with Gasteiger partial charge in [0, 0.05) is 56.1 Å². The highest BCUT2D eigenvalue weighted by molar-refractivity contribution is 7.86. The number of aromatic nitrogens is 1. The summed E-state index contributed by atoms with van der Waals surface area (Å²) in [6.07, 6.45) is 2.13. The second-order valence-electron chi connectivity index (χ2n) is 7.75. The molecule has 4 rings (SSSR count). The largest absolute Gasteiger partial charge is 0.492 e. The summed E-state index contributed by atoms with van der Waals surface area (Å²) < 4.78 is 65.2. The van der Waals surface area contributed by atoms with Crippen molar-refractivity contribution in [1.29, 1.82) is 0 Å². The van der Waals surface area contributed by atoms with E-state index in [0.717, 1.165) is 19.6 Å². The molecule has 2 N–H and O–H groups in total. The van der Waals surface area contributed by atoms with Crippen molar-refractivity contribution in [2.75, 3.05) is 51.8 Å².